The van der Waals surface area contributed by atoms with Gasteiger partial charge < -0.3 is 23.9 Å². The van der Waals surface area contributed by atoms with Crippen LogP contribution in [0.2, 0.25) is 0 Å². The molecule has 1 aliphatic heterocycles. The molecule has 0 fully saturated rings. The molecule has 4 heterocycles. The first kappa shape index (κ1) is 43.9. The van der Waals surface area contributed by atoms with E-state index in [0.29, 0.717) is 13.2 Å². The first-order valence-electron chi connectivity index (χ1n) is 26.4. The standard InChI is InChI=1S/C70H52N6/c1-7-21-48(22-8-1)45-71-69(49-23-9-2-10-24-49)72-47-74-62-39-33-50(43-59(62)57-37-38-61-68(65(57)74)73(52-25-11-3-12-26-52)46-70(61)41-19-6-20-42-70)51-34-40-64-60(44-51)58-36-35-56-55-31-17-18-32-63(55)75(53-27-13-4-14-28-53)66(56)67(58)76(64)54-29-15-5-16-30-54/h1-41,43-44H,42,45-47H2,(H,71,72). The van der Waals surface area contributed by atoms with E-state index >= 15 is 0 Å². The Morgan fingerprint density at radius 1 is 0.461 bits per heavy atom. The molecule has 362 valence electrons. The minimum Gasteiger partial charge on any atom is -0.352 e. The highest BCUT2D eigenvalue weighted by Gasteiger charge is 2.43. The van der Waals surface area contributed by atoms with Gasteiger partial charge in [0.05, 0.1) is 52.0 Å². The Bertz CT molecular complexity index is 4470. The smallest absolute Gasteiger partial charge is 0.129 e. The fourth-order valence-electron chi connectivity index (χ4n) is 12.6. The second-order valence-electron chi connectivity index (χ2n) is 20.4. The van der Waals surface area contributed by atoms with Crippen LogP contribution < -0.4 is 10.2 Å². The number of benzene rings is 10. The Kier molecular flexibility index (Phi) is 10.3. The zero-order chi connectivity index (χ0) is 50.2. The van der Waals surface area contributed by atoms with Gasteiger partial charge >= 0.3 is 0 Å². The van der Waals surface area contributed by atoms with E-state index in [1.54, 1.807) is 0 Å². The van der Waals surface area contributed by atoms with Gasteiger partial charge in [-0.25, -0.2) is 0 Å². The van der Waals surface area contributed by atoms with Gasteiger partial charge in [-0.2, -0.15) is 0 Å². The number of anilines is 2. The van der Waals surface area contributed by atoms with Gasteiger partial charge in [0.2, 0.25) is 0 Å². The lowest BCUT2D eigenvalue weighted by atomic mass is 9.77. The third-order valence-electron chi connectivity index (χ3n) is 16.1. The second-order valence-corrected chi connectivity index (χ2v) is 20.4. The molecule has 0 saturated heterocycles. The maximum Gasteiger partial charge on any atom is 0.129 e. The highest BCUT2D eigenvalue weighted by molar-refractivity contribution is 6.24. The van der Waals surface area contributed by atoms with E-state index in [2.05, 4.69) is 285 Å². The third kappa shape index (κ3) is 6.98. The maximum atomic E-state index is 5.26. The molecule has 1 unspecified atom stereocenters. The van der Waals surface area contributed by atoms with Crippen LogP contribution in [0.3, 0.4) is 0 Å². The van der Waals surface area contributed by atoms with Crippen molar-refractivity contribution in [2.24, 2.45) is 4.99 Å². The van der Waals surface area contributed by atoms with Crippen molar-refractivity contribution in [3.8, 4) is 22.5 Å². The summed E-state index contributed by atoms with van der Waals surface area (Å²) >= 11 is 0. The fraction of sp³-hybridized carbons (Fsp3) is 0.0714. The summed E-state index contributed by atoms with van der Waals surface area (Å²) in [7, 11) is 0. The summed E-state index contributed by atoms with van der Waals surface area (Å²) in [5.74, 6) is 0.866. The molecule has 10 aromatic carbocycles. The number of para-hydroxylation sites is 4. The number of amidine groups is 1. The number of nitrogens with one attached hydrogen (secondary N) is 1. The van der Waals surface area contributed by atoms with Gasteiger partial charge in [-0.1, -0.05) is 194 Å². The monoisotopic (exact) mass is 976 g/mol. The van der Waals surface area contributed by atoms with E-state index < -0.39 is 0 Å². The van der Waals surface area contributed by atoms with E-state index in [-0.39, 0.29) is 5.41 Å². The minimum absolute atomic E-state index is 0.157. The highest BCUT2D eigenvalue weighted by atomic mass is 15.2. The zero-order valence-electron chi connectivity index (χ0n) is 41.9. The molecule has 13 aromatic rings. The van der Waals surface area contributed by atoms with Crippen LogP contribution in [0.4, 0.5) is 11.4 Å². The van der Waals surface area contributed by atoms with Gasteiger partial charge in [-0.3, -0.25) is 4.99 Å². The average molecular weight is 977 g/mol. The topological polar surface area (TPSA) is 42.4 Å². The summed E-state index contributed by atoms with van der Waals surface area (Å²) in [5, 5.41) is 11.3. The van der Waals surface area contributed by atoms with Gasteiger partial charge in [0, 0.05) is 66.9 Å². The molecule has 3 aromatic heterocycles. The number of aromatic nitrogens is 3. The van der Waals surface area contributed by atoms with Gasteiger partial charge in [-0.15, -0.1) is 0 Å². The predicted molar refractivity (Wildman–Crippen MR) is 318 cm³/mol. The Morgan fingerprint density at radius 2 is 1.00 bits per heavy atom. The average Bonchev–Trinajstić information content (AvgIpc) is 4.39. The van der Waals surface area contributed by atoms with Crippen LogP contribution in [0.15, 0.2) is 266 Å². The van der Waals surface area contributed by atoms with Crippen molar-refractivity contribution in [1.82, 2.24) is 19.0 Å². The number of nitrogens with zero attached hydrogens (tertiary/aromatic N) is 5. The van der Waals surface area contributed by atoms with Crippen LogP contribution in [-0.4, -0.2) is 26.1 Å². The summed E-state index contributed by atoms with van der Waals surface area (Å²) in [6.07, 6.45) is 10.1. The van der Waals surface area contributed by atoms with E-state index in [4.69, 9.17) is 4.99 Å². The lowest BCUT2D eigenvalue weighted by Gasteiger charge is -2.28. The van der Waals surface area contributed by atoms with E-state index in [1.165, 1.54) is 99.0 Å². The van der Waals surface area contributed by atoms with Crippen LogP contribution in [0.5, 0.6) is 0 Å². The molecule has 76 heavy (non-hydrogen) atoms. The molecule has 0 amide bonds. The fourth-order valence-corrected chi connectivity index (χ4v) is 12.6. The van der Waals surface area contributed by atoms with E-state index in [0.717, 1.165) is 35.7 Å². The number of aliphatic imine (C=N–C) groups is 1. The summed E-state index contributed by atoms with van der Waals surface area (Å²) in [4.78, 5) is 7.83. The lowest BCUT2D eigenvalue weighted by Crippen LogP contribution is -2.30. The van der Waals surface area contributed by atoms with Crippen molar-refractivity contribution in [2.45, 2.75) is 25.0 Å². The Morgan fingerprint density at radius 3 is 1.66 bits per heavy atom. The van der Waals surface area contributed by atoms with Crippen LogP contribution >= 0.6 is 0 Å². The number of fused-ring (bicyclic) bond motifs is 13. The van der Waals surface area contributed by atoms with Crippen LogP contribution in [0.25, 0.3) is 87.9 Å². The Balaban J connectivity index is 0.944. The first-order chi connectivity index (χ1) is 37.7. The predicted octanol–water partition coefficient (Wildman–Crippen LogP) is 16.8. The van der Waals surface area contributed by atoms with E-state index in [1.807, 2.05) is 0 Å². The molecule has 1 N–H and O–H groups in total. The molecule has 1 atom stereocenters. The number of rotatable bonds is 9. The van der Waals surface area contributed by atoms with Crippen molar-refractivity contribution in [2.75, 3.05) is 11.4 Å². The lowest BCUT2D eigenvalue weighted by molar-refractivity contribution is 0.579. The molecule has 0 radical (unpaired) electrons. The van der Waals surface area contributed by atoms with Crippen molar-refractivity contribution in [3.63, 3.8) is 0 Å². The number of hydrogen-bond acceptors (Lipinski definition) is 2. The summed E-state index contributed by atoms with van der Waals surface area (Å²) in [5.41, 5.74) is 17.7. The quantitative estimate of drug-likeness (QED) is 0.116. The van der Waals surface area contributed by atoms with Gasteiger partial charge in [0.1, 0.15) is 5.84 Å². The second kappa shape index (κ2) is 17.8. The molecular formula is C70H52N6. The molecule has 15 rings (SSSR count). The van der Waals surface area contributed by atoms with Crippen molar-refractivity contribution < 1.29 is 0 Å². The molecule has 1 aliphatic carbocycles. The van der Waals surface area contributed by atoms with Crippen molar-refractivity contribution in [3.05, 3.63) is 278 Å². The van der Waals surface area contributed by atoms with Crippen LogP contribution in [-0.2, 0) is 18.6 Å². The highest BCUT2D eigenvalue weighted by Crippen LogP contribution is 2.53. The van der Waals surface area contributed by atoms with Crippen LogP contribution in [0, 0.1) is 0 Å². The van der Waals surface area contributed by atoms with Gasteiger partial charge in [-0.05, 0) is 95.4 Å². The Hall–Kier alpha value is -9.65. The number of allylic oxidation sites excluding steroid dienone is 3. The molecule has 0 bridgehead atoms. The summed E-state index contributed by atoms with van der Waals surface area (Å²) < 4.78 is 7.45. The van der Waals surface area contributed by atoms with Crippen LogP contribution in [0.1, 0.15) is 23.1 Å². The third-order valence-corrected chi connectivity index (χ3v) is 16.1. The van der Waals surface area contributed by atoms with Crippen molar-refractivity contribution in [1.29, 1.82) is 0 Å². The molecule has 2 aliphatic rings. The summed E-state index contributed by atoms with van der Waals surface area (Å²) in [6, 6.07) is 86.2. The zero-order valence-corrected chi connectivity index (χ0v) is 41.9. The maximum absolute atomic E-state index is 5.26. The SMILES string of the molecule is C1=CCC2(C=C1)CN(c1ccccc1)c1c2ccc2c3cc(-c4ccc5c(c4)c4ccc6c7ccccc7n(-c7ccccc7)c6c4n5-c4ccccc4)ccc3n(CNC(=NCc3ccccc3)c3ccccc3)c12. The molecule has 0 saturated carbocycles. The largest absolute Gasteiger partial charge is 0.352 e. The van der Waals surface area contributed by atoms with Gasteiger partial charge in [0.15, 0.2) is 0 Å². The van der Waals surface area contributed by atoms with E-state index in [9.17, 15) is 0 Å². The molecule has 6 nitrogen and oxygen atoms in total. The molecule has 6 heteroatoms. The first-order valence-corrected chi connectivity index (χ1v) is 26.4. The van der Waals surface area contributed by atoms with Crippen molar-refractivity contribution >= 4 is 82.6 Å². The Labute approximate surface area is 441 Å². The minimum atomic E-state index is -0.157. The normalized spacial score (nSPS) is 15.4. The summed E-state index contributed by atoms with van der Waals surface area (Å²) in [6.45, 7) is 1.95. The van der Waals surface area contributed by atoms with Gasteiger partial charge in [0.25, 0.3) is 0 Å². The molecule has 1 spiro atoms. The molecular weight excluding hydrogens is 925 g/mol. The number of hydrogen-bond donors (Lipinski definition) is 1.